The molecule has 4 nitrogen and oxygen atoms in total. The third-order valence-corrected chi connectivity index (χ3v) is 6.01. The lowest BCUT2D eigenvalue weighted by molar-refractivity contribution is 0.0348. The van der Waals surface area contributed by atoms with Crippen LogP contribution in [0.2, 0.25) is 0 Å². The molecule has 2 fully saturated rings. The van der Waals surface area contributed by atoms with Crippen molar-refractivity contribution in [3.05, 3.63) is 35.6 Å². The summed E-state index contributed by atoms with van der Waals surface area (Å²) in [7, 11) is 3.58. The van der Waals surface area contributed by atoms with Gasteiger partial charge in [0.05, 0.1) is 13.2 Å². The minimum Gasteiger partial charge on any atom is -0.384 e. The van der Waals surface area contributed by atoms with Gasteiger partial charge in [0.15, 0.2) is 0 Å². The summed E-state index contributed by atoms with van der Waals surface area (Å²) in [6.07, 6.45) is 2.39. The number of likely N-dealkylation sites (tertiary alicyclic amines) is 2. The zero-order chi connectivity index (χ0) is 17.7. The fourth-order valence-corrected chi connectivity index (χ4v) is 4.58. The van der Waals surface area contributed by atoms with E-state index in [1.165, 1.54) is 18.9 Å². The molecular weight excluding hydrogens is 319 g/mol. The van der Waals surface area contributed by atoms with Crippen molar-refractivity contribution in [3.8, 4) is 0 Å². The largest absolute Gasteiger partial charge is 0.384 e. The van der Waals surface area contributed by atoms with Gasteiger partial charge in [-0.15, -0.1) is 0 Å². The SMILES string of the molecule is COCCN1C[C@H](COC)C2(CCN(Cc3cccc(F)c3)CC2)C1. The van der Waals surface area contributed by atoms with Gasteiger partial charge >= 0.3 is 0 Å². The van der Waals surface area contributed by atoms with E-state index in [2.05, 4.69) is 9.80 Å². The summed E-state index contributed by atoms with van der Waals surface area (Å²) in [6, 6.07) is 6.98. The van der Waals surface area contributed by atoms with Crippen LogP contribution >= 0.6 is 0 Å². The Labute approximate surface area is 150 Å². The smallest absolute Gasteiger partial charge is 0.123 e. The highest BCUT2D eigenvalue weighted by Crippen LogP contribution is 2.44. The summed E-state index contributed by atoms with van der Waals surface area (Å²) in [4.78, 5) is 5.00. The van der Waals surface area contributed by atoms with Crippen molar-refractivity contribution >= 4 is 0 Å². The Bertz CT molecular complexity index is 546. The van der Waals surface area contributed by atoms with E-state index < -0.39 is 0 Å². The van der Waals surface area contributed by atoms with Gasteiger partial charge in [0, 0.05) is 46.3 Å². The maximum atomic E-state index is 13.4. The van der Waals surface area contributed by atoms with Crippen LogP contribution < -0.4 is 0 Å². The molecule has 1 aromatic carbocycles. The first-order valence-electron chi connectivity index (χ1n) is 9.32. The summed E-state index contributed by atoms with van der Waals surface area (Å²) >= 11 is 0. The Kier molecular flexibility index (Phi) is 6.44. The highest BCUT2D eigenvalue weighted by atomic mass is 19.1. The molecule has 1 spiro atoms. The summed E-state index contributed by atoms with van der Waals surface area (Å²) in [5.41, 5.74) is 1.43. The number of benzene rings is 1. The van der Waals surface area contributed by atoms with Gasteiger partial charge in [0.25, 0.3) is 0 Å². The van der Waals surface area contributed by atoms with Crippen molar-refractivity contribution in [1.29, 1.82) is 0 Å². The van der Waals surface area contributed by atoms with E-state index in [9.17, 15) is 4.39 Å². The molecule has 0 radical (unpaired) electrons. The first-order valence-corrected chi connectivity index (χ1v) is 9.32. The molecule has 25 heavy (non-hydrogen) atoms. The standard InChI is InChI=1S/C20H31FN2O2/c1-24-11-10-23-14-18(15-25-2)20(16-23)6-8-22(9-7-20)13-17-4-3-5-19(21)12-17/h3-5,12,18H,6-11,13-16H2,1-2H3/t18-/m1/s1. The molecule has 2 saturated heterocycles. The lowest BCUT2D eigenvalue weighted by Gasteiger charge is -2.42. The van der Waals surface area contributed by atoms with E-state index >= 15 is 0 Å². The molecular formula is C20H31FN2O2. The number of nitrogens with zero attached hydrogens (tertiary/aromatic N) is 2. The molecule has 3 rings (SSSR count). The second-order valence-corrected chi connectivity index (χ2v) is 7.65. The van der Waals surface area contributed by atoms with Crippen LogP contribution in [0, 0.1) is 17.2 Å². The van der Waals surface area contributed by atoms with Crippen molar-refractivity contribution in [1.82, 2.24) is 9.80 Å². The Hall–Kier alpha value is -1.01. The predicted molar refractivity (Wildman–Crippen MR) is 97.0 cm³/mol. The molecule has 2 aliphatic rings. The van der Waals surface area contributed by atoms with E-state index in [4.69, 9.17) is 9.47 Å². The number of piperidine rings is 1. The fourth-order valence-electron chi connectivity index (χ4n) is 4.58. The van der Waals surface area contributed by atoms with Crippen molar-refractivity contribution in [3.63, 3.8) is 0 Å². The second kappa shape index (κ2) is 8.58. The van der Waals surface area contributed by atoms with Crippen LogP contribution in [0.1, 0.15) is 18.4 Å². The van der Waals surface area contributed by atoms with Crippen molar-refractivity contribution in [2.75, 3.05) is 60.2 Å². The van der Waals surface area contributed by atoms with Crippen LogP contribution in [0.5, 0.6) is 0 Å². The first kappa shape index (κ1) is 18.8. The van der Waals surface area contributed by atoms with Gasteiger partial charge in [-0.3, -0.25) is 4.90 Å². The molecule has 0 N–H and O–H groups in total. The van der Waals surface area contributed by atoms with Crippen molar-refractivity contribution in [2.24, 2.45) is 11.3 Å². The van der Waals surface area contributed by atoms with Gasteiger partial charge in [-0.2, -0.15) is 0 Å². The summed E-state index contributed by atoms with van der Waals surface area (Å²) in [5, 5.41) is 0. The third-order valence-electron chi connectivity index (χ3n) is 6.01. The van der Waals surface area contributed by atoms with Gasteiger partial charge in [-0.25, -0.2) is 4.39 Å². The minimum absolute atomic E-state index is 0.143. The van der Waals surface area contributed by atoms with Crippen LogP contribution in [0.3, 0.4) is 0 Å². The molecule has 0 aromatic heterocycles. The Morgan fingerprint density at radius 1 is 1.16 bits per heavy atom. The predicted octanol–water partition coefficient (Wildman–Crippen LogP) is 2.63. The maximum Gasteiger partial charge on any atom is 0.123 e. The molecule has 0 unspecified atom stereocenters. The number of hydrogen-bond acceptors (Lipinski definition) is 4. The molecule has 0 bridgehead atoms. The maximum absolute atomic E-state index is 13.4. The third kappa shape index (κ3) is 4.59. The van der Waals surface area contributed by atoms with Crippen LogP contribution in [0.4, 0.5) is 4.39 Å². The number of halogens is 1. The van der Waals surface area contributed by atoms with E-state index in [-0.39, 0.29) is 5.82 Å². The lowest BCUT2D eigenvalue weighted by atomic mass is 9.71. The van der Waals surface area contributed by atoms with Crippen molar-refractivity contribution in [2.45, 2.75) is 19.4 Å². The first-order chi connectivity index (χ1) is 12.1. The molecule has 2 heterocycles. The monoisotopic (exact) mass is 350 g/mol. The molecule has 5 heteroatoms. The van der Waals surface area contributed by atoms with E-state index in [0.29, 0.717) is 11.3 Å². The topological polar surface area (TPSA) is 24.9 Å². The number of methoxy groups -OCH3 is 2. The fraction of sp³-hybridized carbons (Fsp3) is 0.700. The van der Waals surface area contributed by atoms with Crippen LogP contribution in [0.25, 0.3) is 0 Å². The van der Waals surface area contributed by atoms with E-state index in [1.807, 2.05) is 13.2 Å². The van der Waals surface area contributed by atoms with Crippen LogP contribution in [-0.4, -0.2) is 70.0 Å². The Morgan fingerprint density at radius 3 is 2.64 bits per heavy atom. The molecule has 1 aromatic rings. The van der Waals surface area contributed by atoms with Crippen molar-refractivity contribution < 1.29 is 13.9 Å². The zero-order valence-corrected chi connectivity index (χ0v) is 15.5. The molecule has 0 aliphatic carbocycles. The van der Waals surface area contributed by atoms with Crippen LogP contribution in [0.15, 0.2) is 24.3 Å². The molecule has 140 valence electrons. The summed E-state index contributed by atoms with van der Waals surface area (Å²) < 4.78 is 24.2. The normalized spacial score (nSPS) is 24.2. The zero-order valence-electron chi connectivity index (χ0n) is 15.5. The highest BCUT2D eigenvalue weighted by Gasteiger charge is 2.47. The number of ether oxygens (including phenoxy) is 2. The Morgan fingerprint density at radius 2 is 1.96 bits per heavy atom. The van der Waals surface area contributed by atoms with E-state index in [0.717, 1.165) is 58.0 Å². The van der Waals surface area contributed by atoms with Gasteiger partial charge in [-0.05, 0) is 49.0 Å². The summed E-state index contributed by atoms with van der Waals surface area (Å²) in [5.74, 6) is 0.460. The van der Waals surface area contributed by atoms with Gasteiger partial charge in [0.2, 0.25) is 0 Å². The van der Waals surface area contributed by atoms with Gasteiger partial charge in [-0.1, -0.05) is 12.1 Å². The van der Waals surface area contributed by atoms with Gasteiger partial charge in [0.1, 0.15) is 5.82 Å². The molecule has 0 amide bonds. The highest BCUT2D eigenvalue weighted by molar-refractivity contribution is 5.16. The molecule has 1 atom stereocenters. The number of rotatable bonds is 7. The average Bonchev–Trinajstić information content (AvgIpc) is 2.93. The quantitative estimate of drug-likeness (QED) is 0.755. The van der Waals surface area contributed by atoms with Crippen LogP contribution in [-0.2, 0) is 16.0 Å². The van der Waals surface area contributed by atoms with Gasteiger partial charge < -0.3 is 14.4 Å². The number of hydrogen-bond donors (Lipinski definition) is 0. The van der Waals surface area contributed by atoms with E-state index in [1.54, 1.807) is 19.2 Å². The average molecular weight is 350 g/mol. The second-order valence-electron chi connectivity index (χ2n) is 7.65. The molecule has 0 saturated carbocycles. The lowest BCUT2D eigenvalue weighted by Crippen LogP contribution is -2.45. The Balaban J connectivity index is 1.58. The minimum atomic E-state index is -0.143. The summed E-state index contributed by atoms with van der Waals surface area (Å²) in [6.45, 7) is 7.90. The molecule has 2 aliphatic heterocycles.